The zero-order chi connectivity index (χ0) is 20.5. The van der Waals surface area contributed by atoms with Gasteiger partial charge in [-0.3, -0.25) is 9.78 Å². The van der Waals surface area contributed by atoms with Crippen molar-refractivity contribution in [2.45, 2.75) is 6.92 Å². The van der Waals surface area contributed by atoms with Crippen LogP contribution in [0, 0.1) is 24.4 Å². The Balaban J connectivity index is 1.54. The van der Waals surface area contributed by atoms with Crippen molar-refractivity contribution in [3.63, 3.8) is 0 Å². The van der Waals surface area contributed by atoms with Gasteiger partial charge in [0.1, 0.15) is 0 Å². The minimum absolute atomic E-state index is 0.0212. The molecule has 1 aromatic carbocycles. The van der Waals surface area contributed by atoms with Crippen molar-refractivity contribution in [3.05, 3.63) is 71.0 Å². The predicted molar refractivity (Wildman–Crippen MR) is 99.3 cm³/mol. The molecule has 4 rings (SSSR count). The Morgan fingerprint density at radius 3 is 2.62 bits per heavy atom. The van der Waals surface area contributed by atoms with Gasteiger partial charge in [0.15, 0.2) is 23.3 Å². The normalized spacial score (nSPS) is 10.9. The molecule has 0 unspecified atom stereocenters. The van der Waals surface area contributed by atoms with Crippen molar-refractivity contribution in [2.24, 2.45) is 0 Å². The topological polar surface area (TPSA) is 85.6 Å². The molecule has 3 aromatic heterocycles. The third-order valence-electron chi connectivity index (χ3n) is 3.96. The number of halogens is 3. The van der Waals surface area contributed by atoms with Crippen LogP contribution in [0.25, 0.3) is 16.4 Å². The van der Waals surface area contributed by atoms with Crippen LogP contribution in [0.2, 0.25) is 0 Å². The molecule has 0 saturated carbocycles. The van der Waals surface area contributed by atoms with Crippen LogP contribution in [0.1, 0.15) is 16.1 Å². The number of hydrogen-bond acceptors (Lipinski definition) is 6. The van der Waals surface area contributed by atoms with Gasteiger partial charge in [-0.25, -0.2) is 27.8 Å². The number of thiazole rings is 1. The van der Waals surface area contributed by atoms with E-state index in [1.54, 1.807) is 17.1 Å². The molecule has 0 aliphatic carbocycles. The van der Waals surface area contributed by atoms with E-state index in [-0.39, 0.29) is 5.82 Å². The standard InChI is InChI=1S/C18H11F3N6OS/c1-9-11(8-27(26-9)18-22-4-5-29-18)13-6-24-14(7-23-13)25-17(28)10-2-3-12(19)16(21)15(10)20/h2-8H,1H3,(H,24,25,28). The molecule has 146 valence electrons. The minimum Gasteiger partial charge on any atom is -0.305 e. The molecule has 0 aliphatic rings. The Labute approximate surface area is 165 Å². The molecule has 0 saturated heterocycles. The number of carbonyl (C=O) groups is 1. The molecular weight excluding hydrogens is 405 g/mol. The van der Waals surface area contributed by atoms with E-state index in [1.807, 2.05) is 12.3 Å². The average molecular weight is 416 g/mol. The number of aromatic nitrogens is 5. The van der Waals surface area contributed by atoms with Gasteiger partial charge in [0.05, 0.1) is 29.3 Å². The molecule has 0 bridgehead atoms. The van der Waals surface area contributed by atoms with Gasteiger partial charge in [0, 0.05) is 23.3 Å². The summed E-state index contributed by atoms with van der Waals surface area (Å²) in [5, 5.41) is 9.21. The second-order valence-electron chi connectivity index (χ2n) is 5.85. The molecule has 29 heavy (non-hydrogen) atoms. The highest BCUT2D eigenvalue weighted by atomic mass is 32.1. The summed E-state index contributed by atoms with van der Waals surface area (Å²) in [6, 6.07) is 1.52. The first-order chi connectivity index (χ1) is 13.9. The molecule has 0 aliphatic heterocycles. The SMILES string of the molecule is Cc1nn(-c2nccs2)cc1-c1cnc(NC(=O)c2ccc(F)c(F)c2F)cn1. The van der Waals surface area contributed by atoms with Gasteiger partial charge in [-0.2, -0.15) is 5.10 Å². The van der Waals surface area contributed by atoms with E-state index in [4.69, 9.17) is 0 Å². The first-order valence-electron chi connectivity index (χ1n) is 8.17. The van der Waals surface area contributed by atoms with E-state index in [9.17, 15) is 18.0 Å². The maximum atomic E-state index is 13.7. The van der Waals surface area contributed by atoms with Crippen LogP contribution in [-0.4, -0.2) is 30.6 Å². The summed E-state index contributed by atoms with van der Waals surface area (Å²) in [6.07, 6.45) is 6.11. The molecule has 1 N–H and O–H groups in total. The lowest BCUT2D eigenvalue weighted by atomic mass is 10.2. The van der Waals surface area contributed by atoms with Gasteiger partial charge in [-0.15, -0.1) is 11.3 Å². The lowest BCUT2D eigenvalue weighted by Gasteiger charge is -2.06. The summed E-state index contributed by atoms with van der Waals surface area (Å²) in [5.41, 5.74) is 1.28. The van der Waals surface area contributed by atoms with Gasteiger partial charge >= 0.3 is 0 Å². The number of aryl methyl sites for hydroxylation is 1. The van der Waals surface area contributed by atoms with Crippen molar-refractivity contribution in [1.29, 1.82) is 0 Å². The van der Waals surface area contributed by atoms with Crippen LogP contribution in [0.3, 0.4) is 0 Å². The average Bonchev–Trinajstić information content (AvgIpc) is 3.36. The van der Waals surface area contributed by atoms with E-state index < -0.39 is 28.9 Å². The molecule has 11 heteroatoms. The van der Waals surface area contributed by atoms with Gasteiger partial charge < -0.3 is 5.32 Å². The number of anilines is 1. The second kappa shape index (κ2) is 7.43. The van der Waals surface area contributed by atoms with Crippen LogP contribution >= 0.6 is 11.3 Å². The zero-order valence-corrected chi connectivity index (χ0v) is 15.5. The molecule has 0 radical (unpaired) electrons. The monoisotopic (exact) mass is 416 g/mol. The van der Waals surface area contributed by atoms with Gasteiger partial charge in [0.25, 0.3) is 5.91 Å². The molecule has 0 atom stereocenters. The maximum absolute atomic E-state index is 13.7. The quantitative estimate of drug-likeness (QED) is 0.512. The minimum atomic E-state index is -1.72. The first kappa shape index (κ1) is 18.7. The summed E-state index contributed by atoms with van der Waals surface area (Å²) in [5.74, 6) is -5.62. The lowest BCUT2D eigenvalue weighted by Crippen LogP contribution is -2.16. The van der Waals surface area contributed by atoms with Crippen LogP contribution in [0.15, 0.2) is 42.3 Å². The summed E-state index contributed by atoms with van der Waals surface area (Å²) >= 11 is 1.43. The fraction of sp³-hybridized carbons (Fsp3) is 0.0556. The van der Waals surface area contributed by atoms with Crippen molar-refractivity contribution in [2.75, 3.05) is 5.32 Å². The van der Waals surface area contributed by atoms with Gasteiger partial charge in [-0.05, 0) is 19.1 Å². The number of hydrogen-bond donors (Lipinski definition) is 1. The van der Waals surface area contributed by atoms with Crippen molar-refractivity contribution in [3.8, 4) is 16.4 Å². The second-order valence-corrected chi connectivity index (χ2v) is 6.72. The molecule has 7 nitrogen and oxygen atoms in total. The largest absolute Gasteiger partial charge is 0.305 e. The van der Waals surface area contributed by atoms with Crippen LogP contribution in [0.5, 0.6) is 0 Å². The summed E-state index contributed by atoms with van der Waals surface area (Å²) in [4.78, 5) is 24.6. The highest BCUT2D eigenvalue weighted by molar-refractivity contribution is 7.12. The Bertz CT molecular complexity index is 1190. The third-order valence-corrected chi connectivity index (χ3v) is 4.72. The van der Waals surface area contributed by atoms with Crippen LogP contribution < -0.4 is 5.32 Å². The number of rotatable bonds is 4. The molecule has 0 fully saturated rings. The van der Waals surface area contributed by atoms with E-state index >= 15 is 0 Å². The number of carbonyl (C=O) groups excluding carboxylic acids is 1. The molecule has 0 spiro atoms. The van der Waals surface area contributed by atoms with E-state index in [0.717, 1.165) is 11.6 Å². The fourth-order valence-corrected chi connectivity index (χ4v) is 3.12. The summed E-state index contributed by atoms with van der Waals surface area (Å²) in [7, 11) is 0. The molecule has 4 aromatic rings. The molecular formula is C18H11F3N6OS. The number of amides is 1. The Kier molecular flexibility index (Phi) is 4.80. The molecule has 3 heterocycles. The van der Waals surface area contributed by atoms with Crippen molar-refractivity contribution < 1.29 is 18.0 Å². The smallest absolute Gasteiger partial charge is 0.259 e. The zero-order valence-electron chi connectivity index (χ0n) is 14.7. The van der Waals surface area contributed by atoms with E-state index in [1.165, 1.54) is 23.7 Å². The highest BCUT2D eigenvalue weighted by Crippen LogP contribution is 2.23. The fourth-order valence-electron chi connectivity index (χ4n) is 2.56. The predicted octanol–water partition coefficient (Wildman–Crippen LogP) is 3.76. The van der Waals surface area contributed by atoms with Gasteiger partial charge in [-0.1, -0.05) is 0 Å². The van der Waals surface area contributed by atoms with Crippen molar-refractivity contribution in [1.82, 2.24) is 24.7 Å². The number of nitrogens with zero attached hydrogens (tertiary/aromatic N) is 5. The van der Waals surface area contributed by atoms with Gasteiger partial charge in [0.2, 0.25) is 5.13 Å². The molecule has 1 amide bonds. The van der Waals surface area contributed by atoms with E-state index in [2.05, 4.69) is 25.4 Å². The van der Waals surface area contributed by atoms with Crippen LogP contribution in [0.4, 0.5) is 19.0 Å². The number of benzene rings is 1. The number of nitrogens with one attached hydrogen (secondary N) is 1. The third kappa shape index (κ3) is 3.59. The Morgan fingerprint density at radius 2 is 1.93 bits per heavy atom. The first-order valence-corrected chi connectivity index (χ1v) is 9.05. The Morgan fingerprint density at radius 1 is 1.10 bits per heavy atom. The van der Waals surface area contributed by atoms with Crippen LogP contribution in [-0.2, 0) is 0 Å². The summed E-state index contributed by atoms with van der Waals surface area (Å²) in [6.45, 7) is 1.81. The Hall–Kier alpha value is -3.60. The van der Waals surface area contributed by atoms with Crippen molar-refractivity contribution >= 4 is 23.1 Å². The highest BCUT2D eigenvalue weighted by Gasteiger charge is 2.19. The summed E-state index contributed by atoms with van der Waals surface area (Å²) < 4.78 is 41.7. The lowest BCUT2D eigenvalue weighted by molar-refractivity contribution is 0.102. The van der Waals surface area contributed by atoms with E-state index in [0.29, 0.717) is 22.6 Å². The maximum Gasteiger partial charge on any atom is 0.259 e.